The van der Waals surface area contributed by atoms with E-state index in [1.165, 1.54) is 4.90 Å². The molecule has 1 aliphatic heterocycles. The Kier molecular flexibility index (Phi) is 2.79. The smallest absolute Gasteiger partial charge is 0.304 e. The number of H-pyrrole nitrogens is 1. The molecule has 2 heterocycles. The van der Waals surface area contributed by atoms with Crippen LogP contribution >= 0.6 is 11.3 Å². The van der Waals surface area contributed by atoms with E-state index in [1.807, 2.05) is 0 Å². The maximum atomic E-state index is 12.1. The first-order valence-corrected chi connectivity index (χ1v) is 6.66. The number of carbonyl (C=O) groups is 2. The number of aromatic amines is 1. The van der Waals surface area contributed by atoms with Crippen LogP contribution in [0, 0.1) is 0 Å². The standard InChI is InChI=1S/C13H10N2O3S/c16-11-9-3-1-2-4-10(9)12(17)15(11)6-5-8-7-19-13(18)14-8/h1-4,7H,5-6H2,(H,14,18). The molecule has 1 N–H and O–H groups in total. The van der Waals surface area contributed by atoms with E-state index in [-0.39, 0.29) is 23.2 Å². The van der Waals surface area contributed by atoms with Crippen molar-refractivity contribution in [3.8, 4) is 0 Å². The second kappa shape index (κ2) is 4.47. The Morgan fingerprint density at radius 3 is 2.21 bits per heavy atom. The van der Waals surface area contributed by atoms with Crippen LogP contribution in [-0.4, -0.2) is 28.2 Å². The average molecular weight is 274 g/mol. The molecule has 0 radical (unpaired) electrons. The quantitative estimate of drug-likeness (QED) is 0.857. The van der Waals surface area contributed by atoms with E-state index in [0.29, 0.717) is 17.5 Å². The van der Waals surface area contributed by atoms with Gasteiger partial charge in [-0.05, 0) is 12.1 Å². The molecule has 19 heavy (non-hydrogen) atoms. The summed E-state index contributed by atoms with van der Waals surface area (Å²) in [7, 11) is 0. The van der Waals surface area contributed by atoms with Crippen molar-refractivity contribution in [2.75, 3.05) is 6.54 Å². The molecule has 1 aromatic heterocycles. The third-order valence-electron chi connectivity index (χ3n) is 3.05. The Morgan fingerprint density at radius 2 is 1.68 bits per heavy atom. The summed E-state index contributed by atoms with van der Waals surface area (Å²) in [5.74, 6) is -0.531. The van der Waals surface area contributed by atoms with Crippen LogP contribution in [0.1, 0.15) is 26.4 Å². The molecule has 6 heteroatoms. The molecule has 0 unspecified atom stereocenters. The van der Waals surface area contributed by atoms with Gasteiger partial charge in [-0.1, -0.05) is 23.5 Å². The van der Waals surface area contributed by atoms with Crippen LogP contribution in [0.5, 0.6) is 0 Å². The number of hydrogen-bond acceptors (Lipinski definition) is 4. The largest absolute Gasteiger partial charge is 0.317 e. The number of aromatic nitrogens is 1. The zero-order chi connectivity index (χ0) is 13.4. The third kappa shape index (κ3) is 2.00. The summed E-state index contributed by atoms with van der Waals surface area (Å²) >= 11 is 1.08. The predicted molar refractivity (Wildman–Crippen MR) is 70.5 cm³/mol. The van der Waals surface area contributed by atoms with Crippen LogP contribution in [0.4, 0.5) is 0 Å². The summed E-state index contributed by atoms with van der Waals surface area (Å²) in [5, 5.41) is 1.71. The van der Waals surface area contributed by atoms with Gasteiger partial charge in [-0.3, -0.25) is 19.3 Å². The molecule has 96 valence electrons. The molecule has 2 amide bonds. The topological polar surface area (TPSA) is 70.2 Å². The van der Waals surface area contributed by atoms with Crippen LogP contribution in [0.15, 0.2) is 34.4 Å². The number of amides is 2. The van der Waals surface area contributed by atoms with Crippen LogP contribution in [0.2, 0.25) is 0 Å². The molecule has 1 aromatic carbocycles. The lowest BCUT2D eigenvalue weighted by atomic mass is 10.1. The second-order valence-electron chi connectivity index (χ2n) is 4.23. The van der Waals surface area contributed by atoms with Crippen molar-refractivity contribution in [2.24, 2.45) is 0 Å². The minimum absolute atomic E-state index is 0.127. The van der Waals surface area contributed by atoms with Gasteiger partial charge < -0.3 is 4.98 Å². The second-order valence-corrected chi connectivity index (χ2v) is 5.07. The van der Waals surface area contributed by atoms with E-state index in [0.717, 1.165) is 17.0 Å². The van der Waals surface area contributed by atoms with Crippen molar-refractivity contribution in [2.45, 2.75) is 6.42 Å². The number of imide groups is 1. The van der Waals surface area contributed by atoms with Gasteiger partial charge in [0, 0.05) is 24.0 Å². The van der Waals surface area contributed by atoms with Crippen molar-refractivity contribution in [3.05, 3.63) is 56.1 Å². The van der Waals surface area contributed by atoms with Crippen molar-refractivity contribution < 1.29 is 9.59 Å². The van der Waals surface area contributed by atoms with Crippen molar-refractivity contribution in [1.29, 1.82) is 0 Å². The number of nitrogens with one attached hydrogen (secondary N) is 1. The summed E-state index contributed by atoms with van der Waals surface area (Å²) in [4.78, 5) is 38.9. The molecule has 1 aliphatic rings. The van der Waals surface area contributed by atoms with Crippen LogP contribution < -0.4 is 4.87 Å². The predicted octanol–water partition coefficient (Wildman–Crippen LogP) is 1.28. The average Bonchev–Trinajstić information content (AvgIpc) is 2.93. The van der Waals surface area contributed by atoms with Gasteiger partial charge in [-0.2, -0.15) is 0 Å². The highest BCUT2D eigenvalue weighted by atomic mass is 32.1. The van der Waals surface area contributed by atoms with Crippen LogP contribution in [-0.2, 0) is 6.42 Å². The Labute approximate surface area is 112 Å². The van der Waals surface area contributed by atoms with Crippen molar-refractivity contribution in [3.63, 3.8) is 0 Å². The normalized spacial score (nSPS) is 14.0. The van der Waals surface area contributed by atoms with Gasteiger partial charge in [0.05, 0.1) is 11.1 Å². The van der Waals surface area contributed by atoms with E-state index in [4.69, 9.17) is 0 Å². The van der Waals surface area contributed by atoms with Gasteiger partial charge in [0.15, 0.2) is 0 Å². The molecule has 2 aromatic rings. The highest BCUT2D eigenvalue weighted by Gasteiger charge is 2.34. The maximum absolute atomic E-state index is 12.1. The molecule has 0 fully saturated rings. The summed E-state index contributed by atoms with van der Waals surface area (Å²) in [6.07, 6.45) is 0.463. The zero-order valence-corrected chi connectivity index (χ0v) is 10.7. The fourth-order valence-corrected chi connectivity index (χ4v) is 2.73. The molecular weight excluding hydrogens is 264 g/mol. The molecule has 0 saturated carbocycles. The molecule has 0 spiro atoms. The van der Waals surface area contributed by atoms with Gasteiger partial charge in [0.1, 0.15) is 0 Å². The molecule has 0 saturated heterocycles. The van der Waals surface area contributed by atoms with E-state index >= 15 is 0 Å². The summed E-state index contributed by atoms with van der Waals surface area (Å²) in [6, 6.07) is 6.79. The van der Waals surface area contributed by atoms with Gasteiger partial charge in [-0.15, -0.1) is 0 Å². The zero-order valence-electron chi connectivity index (χ0n) is 9.88. The maximum Gasteiger partial charge on any atom is 0.304 e. The number of rotatable bonds is 3. The Morgan fingerprint density at radius 1 is 1.05 bits per heavy atom. The van der Waals surface area contributed by atoms with Crippen LogP contribution in [0.25, 0.3) is 0 Å². The molecule has 0 atom stereocenters. The molecule has 0 aliphatic carbocycles. The lowest BCUT2D eigenvalue weighted by Gasteiger charge is -2.12. The van der Waals surface area contributed by atoms with Gasteiger partial charge in [0.25, 0.3) is 11.8 Å². The summed E-state index contributed by atoms with van der Waals surface area (Å²) in [5.41, 5.74) is 1.64. The molecule has 0 bridgehead atoms. The van der Waals surface area contributed by atoms with Gasteiger partial charge in [-0.25, -0.2) is 0 Å². The molecular formula is C13H10N2O3S. The summed E-state index contributed by atoms with van der Waals surface area (Å²) in [6.45, 7) is 0.277. The monoisotopic (exact) mass is 274 g/mol. The highest BCUT2D eigenvalue weighted by molar-refractivity contribution is 7.07. The first kappa shape index (κ1) is 11.9. The Balaban J connectivity index is 1.79. The fraction of sp³-hybridized carbons (Fsp3) is 0.154. The first-order valence-electron chi connectivity index (χ1n) is 5.79. The van der Waals surface area contributed by atoms with Gasteiger partial charge in [0.2, 0.25) is 0 Å². The lowest BCUT2D eigenvalue weighted by Crippen LogP contribution is -2.31. The Hall–Kier alpha value is -2.21. The van der Waals surface area contributed by atoms with Crippen molar-refractivity contribution in [1.82, 2.24) is 9.88 Å². The Bertz CT molecular complexity index is 681. The van der Waals surface area contributed by atoms with Crippen LogP contribution in [0.3, 0.4) is 0 Å². The number of carbonyl (C=O) groups excluding carboxylic acids is 2. The number of fused-ring (bicyclic) bond motifs is 1. The first-order chi connectivity index (χ1) is 9.16. The number of thiazole rings is 1. The lowest BCUT2D eigenvalue weighted by molar-refractivity contribution is 0.0656. The van der Waals surface area contributed by atoms with E-state index < -0.39 is 0 Å². The fourth-order valence-electron chi connectivity index (χ4n) is 2.11. The van der Waals surface area contributed by atoms with E-state index in [2.05, 4.69) is 4.98 Å². The molecule has 5 nitrogen and oxygen atoms in total. The molecule has 3 rings (SSSR count). The number of nitrogens with zero attached hydrogens (tertiary/aromatic N) is 1. The van der Waals surface area contributed by atoms with E-state index in [1.54, 1.807) is 29.6 Å². The summed E-state index contributed by atoms with van der Waals surface area (Å²) < 4.78 is 0. The minimum atomic E-state index is -0.266. The third-order valence-corrected chi connectivity index (χ3v) is 3.77. The SMILES string of the molecule is O=C1c2ccccc2C(=O)N1CCc1csc(=O)[nH]1. The highest BCUT2D eigenvalue weighted by Crippen LogP contribution is 2.22. The van der Waals surface area contributed by atoms with Gasteiger partial charge >= 0.3 is 4.87 Å². The van der Waals surface area contributed by atoms with Crippen molar-refractivity contribution >= 4 is 23.2 Å². The van der Waals surface area contributed by atoms with E-state index in [9.17, 15) is 14.4 Å². The number of benzene rings is 1. The number of hydrogen-bond donors (Lipinski definition) is 1. The minimum Gasteiger partial charge on any atom is -0.317 e.